The first-order valence-corrected chi connectivity index (χ1v) is 25.3. The fourth-order valence-corrected chi connectivity index (χ4v) is 13.2. The summed E-state index contributed by atoms with van der Waals surface area (Å²) >= 11 is 0. The van der Waals surface area contributed by atoms with E-state index in [2.05, 4.69) is 278 Å². The number of fused-ring (bicyclic) bond motifs is 17. The van der Waals surface area contributed by atoms with Gasteiger partial charge >= 0.3 is 0 Å². The monoisotopic (exact) mass is 916 g/mol. The molecule has 0 N–H and O–H groups in total. The first-order chi connectivity index (χ1) is 35.5. The summed E-state index contributed by atoms with van der Waals surface area (Å²) in [6.07, 6.45) is 0. The Bertz CT molecular complexity index is 4110. The molecule has 0 radical (unpaired) electrons. The number of hydrogen-bond acceptors (Lipinski definition) is 1. The van der Waals surface area contributed by atoms with E-state index in [1.54, 1.807) is 0 Å². The highest BCUT2D eigenvalue weighted by atomic mass is 15.1. The van der Waals surface area contributed by atoms with E-state index in [-0.39, 0.29) is 5.41 Å². The van der Waals surface area contributed by atoms with Gasteiger partial charge < -0.3 is 9.47 Å². The molecule has 12 aromatic rings. The molecule has 2 heteroatoms. The van der Waals surface area contributed by atoms with Gasteiger partial charge in [0.2, 0.25) is 0 Å². The molecule has 0 saturated heterocycles. The highest BCUT2D eigenvalue weighted by Crippen LogP contribution is 2.64. The number of anilines is 3. The Hall–Kier alpha value is -8.98. The number of aromatic nitrogens is 1. The van der Waals surface area contributed by atoms with Crippen LogP contribution in [0.1, 0.15) is 47.2 Å². The van der Waals surface area contributed by atoms with Gasteiger partial charge in [-0.05, 0) is 156 Å². The van der Waals surface area contributed by atoms with Crippen LogP contribution in [0.15, 0.2) is 255 Å². The molecule has 338 valence electrons. The van der Waals surface area contributed by atoms with Crippen LogP contribution in [0.4, 0.5) is 17.1 Å². The van der Waals surface area contributed by atoms with Crippen LogP contribution in [0.3, 0.4) is 0 Å². The average molecular weight is 917 g/mol. The van der Waals surface area contributed by atoms with Gasteiger partial charge in [0.25, 0.3) is 0 Å². The van der Waals surface area contributed by atoms with Crippen molar-refractivity contribution in [1.29, 1.82) is 0 Å². The van der Waals surface area contributed by atoms with Crippen LogP contribution < -0.4 is 4.90 Å². The van der Waals surface area contributed by atoms with Crippen molar-refractivity contribution in [2.24, 2.45) is 0 Å². The third-order valence-corrected chi connectivity index (χ3v) is 16.4. The lowest BCUT2D eigenvalue weighted by Gasteiger charge is -2.30. The van der Waals surface area contributed by atoms with Gasteiger partial charge in [0.15, 0.2) is 0 Å². The second-order valence-corrected chi connectivity index (χ2v) is 20.4. The van der Waals surface area contributed by atoms with Crippen molar-refractivity contribution in [2.45, 2.75) is 24.7 Å². The molecule has 1 spiro atoms. The summed E-state index contributed by atoms with van der Waals surface area (Å²) in [7, 11) is 0. The Morgan fingerprint density at radius 1 is 0.319 bits per heavy atom. The molecule has 2 nitrogen and oxygen atoms in total. The molecule has 0 amide bonds. The summed E-state index contributed by atoms with van der Waals surface area (Å²) in [5, 5.41) is 2.54. The zero-order valence-electron chi connectivity index (χ0n) is 40.1. The number of rotatable bonds is 6. The van der Waals surface area contributed by atoms with E-state index in [0.29, 0.717) is 0 Å². The average Bonchev–Trinajstić information content (AvgIpc) is 4.12. The third kappa shape index (κ3) is 5.61. The zero-order valence-corrected chi connectivity index (χ0v) is 40.1. The highest BCUT2D eigenvalue weighted by molar-refractivity contribution is 6.19. The maximum Gasteiger partial charge on any atom is 0.0725 e. The molecule has 0 aliphatic heterocycles. The SMILES string of the molecule is CC1(C)c2ccccc2-c2ccc(N(c3ccc(-c4ccccc4)cc3)c3ccc(-c4ccc5c(c4)c4c6c(ccc4n5-c4ccccc4)C4(c5ccccc5-c5ccccc54)c4ccccc4-6)cc3)cc21. The van der Waals surface area contributed by atoms with Crippen molar-refractivity contribution >= 4 is 38.9 Å². The molecule has 3 aliphatic rings. The van der Waals surface area contributed by atoms with E-state index in [1.165, 1.54) is 111 Å². The van der Waals surface area contributed by atoms with Gasteiger partial charge in [-0.15, -0.1) is 0 Å². The van der Waals surface area contributed by atoms with E-state index in [9.17, 15) is 0 Å². The third-order valence-electron chi connectivity index (χ3n) is 16.4. The summed E-state index contributed by atoms with van der Waals surface area (Å²) < 4.78 is 2.47. The molecule has 11 aromatic carbocycles. The lowest BCUT2D eigenvalue weighted by molar-refractivity contribution is 0.660. The Morgan fingerprint density at radius 2 is 0.778 bits per heavy atom. The predicted molar refractivity (Wildman–Crippen MR) is 300 cm³/mol. The molecule has 3 aliphatic carbocycles. The first kappa shape index (κ1) is 40.9. The van der Waals surface area contributed by atoms with Crippen molar-refractivity contribution in [3.05, 3.63) is 288 Å². The van der Waals surface area contributed by atoms with Gasteiger partial charge in [-0.25, -0.2) is 0 Å². The Balaban J connectivity index is 0.906. The number of hydrogen-bond donors (Lipinski definition) is 0. The standard InChI is InChI=1S/C70H48N2/c1-69(2)59-25-13-9-21-53(59)56-39-38-52(44-64(56)69)71(50-34-29-46(30-35-50)45-17-5-3-6-18-45)51-36-31-47(32-37-51)48-33-41-65-58(43-48)68-66(72(65)49-19-7-4-8-20-49)42-40-63-67(68)57-24-12-16-28-62(57)70(63)60-26-14-10-22-54(60)55-23-11-15-27-61(55)70/h3-44H,1-2H3. The molecular weight excluding hydrogens is 869 g/mol. The second-order valence-electron chi connectivity index (χ2n) is 20.4. The highest BCUT2D eigenvalue weighted by Gasteiger charge is 2.52. The molecule has 1 heterocycles. The van der Waals surface area contributed by atoms with Gasteiger partial charge in [-0.3, -0.25) is 0 Å². The molecule has 0 bridgehead atoms. The van der Waals surface area contributed by atoms with E-state index in [0.717, 1.165) is 22.7 Å². The smallest absolute Gasteiger partial charge is 0.0725 e. The molecule has 1 aromatic heterocycles. The van der Waals surface area contributed by atoms with Crippen LogP contribution in [0.5, 0.6) is 0 Å². The number of para-hydroxylation sites is 1. The van der Waals surface area contributed by atoms with Crippen LogP contribution in [0.2, 0.25) is 0 Å². The zero-order chi connectivity index (χ0) is 47.7. The van der Waals surface area contributed by atoms with Crippen molar-refractivity contribution in [2.75, 3.05) is 4.90 Å². The molecule has 0 unspecified atom stereocenters. The number of nitrogens with zero attached hydrogens (tertiary/aromatic N) is 2. The molecular formula is C70H48N2. The molecule has 15 rings (SSSR count). The lowest BCUT2D eigenvalue weighted by atomic mass is 9.70. The van der Waals surface area contributed by atoms with Crippen LogP contribution in [-0.4, -0.2) is 4.57 Å². The fraction of sp³-hybridized carbons (Fsp3) is 0.0571. The van der Waals surface area contributed by atoms with E-state index >= 15 is 0 Å². The quantitative estimate of drug-likeness (QED) is 0.161. The van der Waals surface area contributed by atoms with Crippen LogP contribution in [0.25, 0.3) is 83.1 Å². The fourth-order valence-electron chi connectivity index (χ4n) is 13.2. The summed E-state index contributed by atoms with van der Waals surface area (Å²) in [6.45, 7) is 4.72. The maximum atomic E-state index is 2.47. The normalized spacial score (nSPS) is 13.9. The van der Waals surface area contributed by atoms with Gasteiger partial charge in [0.1, 0.15) is 0 Å². The lowest BCUT2D eigenvalue weighted by Crippen LogP contribution is -2.25. The molecule has 72 heavy (non-hydrogen) atoms. The Labute approximate surface area is 420 Å². The minimum absolute atomic E-state index is 0.119. The van der Waals surface area contributed by atoms with Gasteiger partial charge in [-0.1, -0.05) is 202 Å². The minimum atomic E-state index is -0.422. The van der Waals surface area contributed by atoms with E-state index < -0.39 is 5.41 Å². The van der Waals surface area contributed by atoms with Gasteiger partial charge in [-0.2, -0.15) is 0 Å². The predicted octanol–water partition coefficient (Wildman–Crippen LogP) is 18.2. The first-order valence-electron chi connectivity index (χ1n) is 25.3. The largest absolute Gasteiger partial charge is 0.310 e. The Morgan fingerprint density at radius 3 is 1.42 bits per heavy atom. The topological polar surface area (TPSA) is 8.17 Å². The van der Waals surface area contributed by atoms with E-state index in [1.807, 2.05) is 0 Å². The summed E-state index contributed by atoms with van der Waals surface area (Å²) in [4.78, 5) is 2.42. The summed E-state index contributed by atoms with van der Waals surface area (Å²) in [5.74, 6) is 0. The van der Waals surface area contributed by atoms with Crippen molar-refractivity contribution in [3.8, 4) is 61.3 Å². The number of benzene rings is 11. The van der Waals surface area contributed by atoms with E-state index in [4.69, 9.17) is 0 Å². The minimum Gasteiger partial charge on any atom is -0.310 e. The summed E-state index contributed by atoms with van der Waals surface area (Å²) in [5.41, 5.74) is 27.3. The molecule has 0 saturated carbocycles. The van der Waals surface area contributed by atoms with Crippen molar-refractivity contribution in [3.63, 3.8) is 0 Å². The second kappa shape index (κ2) is 15.3. The van der Waals surface area contributed by atoms with Crippen LogP contribution in [-0.2, 0) is 10.8 Å². The maximum absolute atomic E-state index is 2.47. The van der Waals surface area contributed by atoms with Crippen LogP contribution >= 0.6 is 0 Å². The Kier molecular flexibility index (Phi) is 8.66. The molecule has 0 atom stereocenters. The summed E-state index contributed by atoms with van der Waals surface area (Å²) in [6, 6.07) is 95.1. The van der Waals surface area contributed by atoms with Crippen molar-refractivity contribution in [1.82, 2.24) is 4.57 Å². The van der Waals surface area contributed by atoms with Crippen LogP contribution in [0, 0.1) is 0 Å². The molecule has 0 fully saturated rings. The van der Waals surface area contributed by atoms with Gasteiger partial charge in [0, 0.05) is 38.9 Å². The van der Waals surface area contributed by atoms with Gasteiger partial charge in [0.05, 0.1) is 16.4 Å². The van der Waals surface area contributed by atoms with Crippen molar-refractivity contribution < 1.29 is 0 Å².